The molecule has 0 fully saturated rings. The first kappa shape index (κ1) is 23.4. The normalized spacial score (nSPS) is 15.6. The van der Waals surface area contributed by atoms with Crippen molar-refractivity contribution in [3.8, 4) is 0 Å². The third-order valence-corrected chi connectivity index (χ3v) is 4.28. The molecular formula is C15H31N2O6P. The standard InChI is InChI=1S/C15H31N2O6P/c1-6-7-8-17-14(20)13(19)15(3,4)10-23-24(21)22-9-12(16-5)11(2)18/h12-13,16,19,21H,6-10H2,1-5H3,(H,17,20). The molecule has 3 unspecified atom stereocenters. The van der Waals surface area contributed by atoms with Crippen molar-refractivity contribution in [1.29, 1.82) is 0 Å². The van der Waals surface area contributed by atoms with E-state index in [1.54, 1.807) is 20.9 Å². The molecule has 0 saturated heterocycles. The molecule has 8 nitrogen and oxygen atoms in total. The monoisotopic (exact) mass is 366 g/mol. The number of likely N-dealkylation sites (N-methyl/N-ethyl adjacent to an activating group) is 1. The fourth-order valence-electron chi connectivity index (χ4n) is 1.72. The lowest BCUT2D eigenvalue weighted by molar-refractivity contribution is -0.136. The van der Waals surface area contributed by atoms with Gasteiger partial charge in [0.25, 0.3) is 0 Å². The average molecular weight is 366 g/mol. The molecule has 4 N–H and O–H groups in total. The Morgan fingerprint density at radius 1 is 1.29 bits per heavy atom. The molecule has 0 rings (SSSR count). The van der Waals surface area contributed by atoms with E-state index in [-0.39, 0.29) is 19.0 Å². The summed E-state index contributed by atoms with van der Waals surface area (Å²) in [5.41, 5.74) is -0.897. The Morgan fingerprint density at radius 3 is 2.42 bits per heavy atom. The first-order valence-electron chi connectivity index (χ1n) is 8.04. The van der Waals surface area contributed by atoms with Gasteiger partial charge in [-0.05, 0) is 20.4 Å². The largest absolute Gasteiger partial charge is 0.383 e. The fraction of sp³-hybridized carbons (Fsp3) is 0.867. The number of aliphatic hydroxyl groups is 1. The number of nitrogens with one attached hydrogen (secondary N) is 2. The van der Waals surface area contributed by atoms with Crippen molar-refractivity contribution < 1.29 is 28.6 Å². The van der Waals surface area contributed by atoms with Crippen LogP contribution in [0.5, 0.6) is 0 Å². The van der Waals surface area contributed by atoms with Crippen molar-refractivity contribution in [2.24, 2.45) is 5.41 Å². The zero-order valence-corrected chi connectivity index (χ0v) is 16.1. The lowest BCUT2D eigenvalue weighted by Crippen LogP contribution is -2.46. The highest BCUT2D eigenvalue weighted by atomic mass is 31.2. The van der Waals surface area contributed by atoms with Crippen molar-refractivity contribution >= 4 is 20.3 Å². The zero-order valence-electron chi connectivity index (χ0n) is 15.2. The molecule has 0 aromatic rings. The van der Waals surface area contributed by atoms with Crippen LogP contribution in [-0.4, -0.2) is 60.6 Å². The van der Waals surface area contributed by atoms with Crippen LogP contribution in [0.4, 0.5) is 0 Å². The number of hydrogen-bond donors (Lipinski definition) is 4. The van der Waals surface area contributed by atoms with E-state index in [2.05, 4.69) is 10.6 Å². The first-order valence-corrected chi connectivity index (χ1v) is 9.17. The number of rotatable bonds is 13. The second kappa shape index (κ2) is 11.8. The summed E-state index contributed by atoms with van der Waals surface area (Å²) in [5.74, 6) is -0.576. The maximum absolute atomic E-state index is 11.9. The minimum Gasteiger partial charge on any atom is -0.383 e. The molecular weight excluding hydrogens is 335 g/mol. The Kier molecular flexibility index (Phi) is 11.5. The van der Waals surface area contributed by atoms with E-state index in [0.717, 1.165) is 12.8 Å². The van der Waals surface area contributed by atoms with E-state index in [4.69, 9.17) is 9.05 Å². The van der Waals surface area contributed by atoms with Crippen molar-refractivity contribution in [2.75, 3.05) is 26.8 Å². The smallest absolute Gasteiger partial charge is 0.329 e. The Bertz CT molecular complexity index is 394. The molecule has 0 radical (unpaired) electrons. The summed E-state index contributed by atoms with van der Waals surface area (Å²) in [6.07, 6.45) is 0.525. The number of Topliss-reactive ketones (excluding diaryl/α,β-unsaturated/α-hetero) is 1. The predicted octanol–water partition coefficient (Wildman–Crippen LogP) is 0.719. The summed E-state index contributed by atoms with van der Waals surface area (Å²) >= 11 is 0. The van der Waals surface area contributed by atoms with Crippen LogP contribution in [0.15, 0.2) is 0 Å². The average Bonchev–Trinajstić information content (AvgIpc) is 2.52. The molecule has 0 bridgehead atoms. The molecule has 1 amide bonds. The predicted molar refractivity (Wildman–Crippen MR) is 92.3 cm³/mol. The van der Waals surface area contributed by atoms with Crippen LogP contribution in [0.1, 0.15) is 40.5 Å². The lowest BCUT2D eigenvalue weighted by Gasteiger charge is -2.29. The van der Waals surface area contributed by atoms with E-state index in [9.17, 15) is 19.6 Å². The lowest BCUT2D eigenvalue weighted by atomic mass is 9.87. The van der Waals surface area contributed by atoms with E-state index in [0.29, 0.717) is 6.54 Å². The second-order valence-corrected chi connectivity index (χ2v) is 7.29. The van der Waals surface area contributed by atoms with Crippen LogP contribution in [0, 0.1) is 5.41 Å². The number of hydrogen-bond acceptors (Lipinski definition) is 7. The van der Waals surface area contributed by atoms with Gasteiger partial charge >= 0.3 is 8.60 Å². The molecule has 0 saturated carbocycles. The van der Waals surface area contributed by atoms with Crippen molar-refractivity contribution in [2.45, 2.75) is 52.7 Å². The number of unbranched alkanes of at least 4 members (excludes halogenated alkanes) is 1. The highest BCUT2D eigenvalue weighted by Crippen LogP contribution is 2.36. The molecule has 0 aliphatic rings. The zero-order chi connectivity index (χ0) is 18.8. The van der Waals surface area contributed by atoms with E-state index in [1.807, 2.05) is 6.92 Å². The number of ketones is 1. The summed E-state index contributed by atoms with van der Waals surface area (Å²) in [4.78, 5) is 32.9. The molecule has 9 heteroatoms. The molecule has 142 valence electrons. The number of aliphatic hydroxyl groups excluding tert-OH is 1. The molecule has 0 heterocycles. The minimum atomic E-state index is -2.20. The summed E-state index contributed by atoms with van der Waals surface area (Å²) < 4.78 is 10.3. The van der Waals surface area contributed by atoms with Gasteiger partial charge in [0, 0.05) is 12.0 Å². The third-order valence-electron chi connectivity index (χ3n) is 3.56. The Hall–Kier alpha value is -0.630. The van der Waals surface area contributed by atoms with Crippen LogP contribution in [0.3, 0.4) is 0 Å². The minimum absolute atomic E-state index is 0.0193. The Morgan fingerprint density at radius 2 is 1.92 bits per heavy atom. The highest BCUT2D eigenvalue weighted by molar-refractivity contribution is 7.40. The summed E-state index contributed by atoms with van der Waals surface area (Å²) in [6.45, 7) is 7.17. The van der Waals surface area contributed by atoms with Gasteiger partial charge in [-0.2, -0.15) is 0 Å². The van der Waals surface area contributed by atoms with E-state index < -0.39 is 32.1 Å². The van der Waals surface area contributed by atoms with Gasteiger partial charge in [0.2, 0.25) is 5.91 Å². The van der Waals surface area contributed by atoms with Gasteiger partial charge in [0.05, 0.1) is 19.3 Å². The number of carbonyl (C=O) groups is 2. The van der Waals surface area contributed by atoms with Crippen molar-refractivity contribution in [3.05, 3.63) is 0 Å². The number of carbonyl (C=O) groups excluding carboxylic acids is 2. The maximum Gasteiger partial charge on any atom is 0.329 e. The van der Waals surface area contributed by atoms with Gasteiger partial charge in [-0.1, -0.05) is 27.2 Å². The third kappa shape index (κ3) is 9.01. The van der Waals surface area contributed by atoms with E-state index >= 15 is 0 Å². The molecule has 0 aromatic carbocycles. The van der Waals surface area contributed by atoms with Crippen molar-refractivity contribution in [3.63, 3.8) is 0 Å². The van der Waals surface area contributed by atoms with Gasteiger partial charge in [-0.25, -0.2) is 0 Å². The van der Waals surface area contributed by atoms with Gasteiger partial charge in [0.1, 0.15) is 11.9 Å². The van der Waals surface area contributed by atoms with Crippen LogP contribution >= 0.6 is 8.60 Å². The second-order valence-electron chi connectivity index (χ2n) is 6.29. The summed E-state index contributed by atoms with van der Waals surface area (Å²) in [5, 5.41) is 15.5. The first-order chi connectivity index (χ1) is 11.2. The quantitative estimate of drug-likeness (QED) is 0.280. The molecule has 0 aliphatic carbocycles. The van der Waals surface area contributed by atoms with Gasteiger partial charge in [-0.3, -0.25) is 9.59 Å². The van der Waals surface area contributed by atoms with Gasteiger partial charge < -0.3 is 29.7 Å². The SMILES string of the molecule is CCCCNC(=O)C(O)C(C)(C)COP(O)OCC(NC)C(C)=O. The molecule has 24 heavy (non-hydrogen) atoms. The highest BCUT2D eigenvalue weighted by Gasteiger charge is 2.34. The van der Waals surface area contributed by atoms with Crippen LogP contribution < -0.4 is 10.6 Å². The van der Waals surface area contributed by atoms with Crippen LogP contribution in [0.25, 0.3) is 0 Å². The van der Waals surface area contributed by atoms with Crippen molar-refractivity contribution in [1.82, 2.24) is 10.6 Å². The van der Waals surface area contributed by atoms with Gasteiger partial charge in [-0.15, -0.1) is 0 Å². The molecule has 0 aromatic heterocycles. The molecule has 0 aliphatic heterocycles. The summed E-state index contributed by atoms with van der Waals surface area (Å²) in [6, 6.07) is -0.520. The maximum atomic E-state index is 11.9. The Labute approximate surface area is 145 Å². The molecule has 0 spiro atoms. The van der Waals surface area contributed by atoms with Crippen LogP contribution in [-0.2, 0) is 18.6 Å². The van der Waals surface area contributed by atoms with Gasteiger partial charge in [0.15, 0.2) is 0 Å². The summed E-state index contributed by atoms with van der Waals surface area (Å²) in [7, 11) is -0.583. The van der Waals surface area contributed by atoms with E-state index in [1.165, 1.54) is 6.92 Å². The topological polar surface area (TPSA) is 117 Å². The fourth-order valence-corrected chi connectivity index (χ4v) is 2.51. The Balaban J connectivity index is 4.29. The number of amides is 1. The van der Waals surface area contributed by atoms with Crippen LogP contribution in [0.2, 0.25) is 0 Å². The molecule has 3 atom stereocenters.